The molecule has 8 nitrogen and oxygen atoms in total. The molecule has 0 aliphatic rings. The van der Waals surface area contributed by atoms with Crippen molar-refractivity contribution >= 4 is 29.9 Å². The Hall–Kier alpha value is -2.82. The van der Waals surface area contributed by atoms with Gasteiger partial charge in [-0.3, -0.25) is 0 Å². The molecule has 0 saturated carbocycles. The maximum atomic E-state index is 5.75. The lowest BCUT2D eigenvalue weighted by atomic mass is 10.1. The molecule has 2 aromatic carbocycles. The summed E-state index contributed by atoms with van der Waals surface area (Å²) in [6.07, 6.45) is 3.26. The van der Waals surface area contributed by atoms with Crippen LogP contribution in [0.4, 0.5) is 0 Å². The van der Waals surface area contributed by atoms with Crippen molar-refractivity contribution < 1.29 is 9.47 Å². The van der Waals surface area contributed by atoms with Gasteiger partial charge in [-0.1, -0.05) is 24.3 Å². The smallest absolute Gasteiger partial charge is 0.191 e. The van der Waals surface area contributed by atoms with Gasteiger partial charge in [0.2, 0.25) is 0 Å². The second-order valence-corrected chi connectivity index (χ2v) is 6.56. The monoisotopic (exact) mass is 536 g/mol. The maximum absolute atomic E-state index is 5.75. The summed E-state index contributed by atoms with van der Waals surface area (Å²) in [5.74, 6) is 2.38. The Morgan fingerprint density at radius 1 is 1.06 bits per heavy atom. The summed E-state index contributed by atoms with van der Waals surface area (Å²) in [4.78, 5) is 8.66. The van der Waals surface area contributed by atoms with Crippen molar-refractivity contribution in [3.05, 3.63) is 72.3 Å². The summed E-state index contributed by atoms with van der Waals surface area (Å²) in [6, 6.07) is 15.9. The van der Waals surface area contributed by atoms with Crippen molar-refractivity contribution in [1.82, 2.24) is 25.4 Å². The molecule has 1 aromatic heterocycles. The molecule has 0 fully saturated rings. The van der Waals surface area contributed by atoms with Crippen LogP contribution in [0, 0.1) is 0 Å². The van der Waals surface area contributed by atoms with Gasteiger partial charge in [0.15, 0.2) is 5.96 Å². The number of hydrogen-bond acceptors (Lipinski definition) is 5. The number of ether oxygens (including phenoxy) is 2. The first kappa shape index (κ1) is 24.4. The Labute approximate surface area is 200 Å². The molecule has 0 aliphatic heterocycles. The fraction of sp³-hybridized carbons (Fsp3) is 0.318. The van der Waals surface area contributed by atoms with Gasteiger partial charge < -0.3 is 20.1 Å². The first-order chi connectivity index (χ1) is 14.8. The molecule has 9 heteroatoms. The quantitative estimate of drug-likeness (QED) is 0.179. The van der Waals surface area contributed by atoms with Crippen LogP contribution >= 0.6 is 24.0 Å². The molecule has 3 aromatic rings. The van der Waals surface area contributed by atoms with Gasteiger partial charge in [0.05, 0.1) is 26.7 Å². The van der Waals surface area contributed by atoms with Crippen molar-refractivity contribution in [2.45, 2.75) is 20.0 Å². The lowest BCUT2D eigenvalue weighted by Gasteiger charge is -2.12. The van der Waals surface area contributed by atoms with E-state index in [0.717, 1.165) is 29.6 Å². The van der Waals surface area contributed by atoms with Gasteiger partial charge in [0, 0.05) is 6.54 Å². The Kier molecular flexibility index (Phi) is 10.6. The normalized spacial score (nSPS) is 10.8. The number of benzene rings is 2. The highest BCUT2D eigenvalue weighted by Crippen LogP contribution is 2.16. The van der Waals surface area contributed by atoms with Crippen LogP contribution in [0.25, 0.3) is 0 Å². The molecule has 0 aliphatic carbocycles. The Morgan fingerprint density at radius 3 is 2.55 bits per heavy atom. The number of aromatic nitrogens is 3. The number of aliphatic imine (C=N–C) groups is 1. The van der Waals surface area contributed by atoms with E-state index in [9.17, 15) is 0 Å². The molecule has 166 valence electrons. The van der Waals surface area contributed by atoms with E-state index in [4.69, 9.17) is 9.47 Å². The Balaban J connectivity index is 0.00000341. The first-order valence-electron chi connectivity index (χ1n) is 9.96. The van der Waals surface area contributed by atoms with Crippen LogP contribution in [-0.2, 0) is 13.1 Å². The summed E-state index contributed by atoms with van der Waals surface area (Å²) in [5.41, 5.74) is 2.30. The third kappa shape index (κ3) is 8.44. The highest BCUT2D eigenvalue weighted by atomic mass is 127. The molecule has 0 unspecified atom stereocenters. The van der Waals surface area contributed by atoms with E-state index >= 15 is 0 Å². The molecular weight excluding hydrogens is 507 g/mol. The van der Waals surface area contributed by atoms with Crippen LogP contribution in [0.1, 0.15) is 18.1 Å². The van der Waals surface area contributed by atoms with Crippen LogP contribution in [-0.4, -0.2) is 47.5 Å². The van der Waals surface area contributed by atoms with E-state index in [1.165, 1.54) is 5.56 Å². The Morgan fingerprint density at radius 2 is 1.84 bits per heavy atom. The topological polar surface area (TPSA) is 85.6 Å². The van der Waals surface area contributed by atoms with Gasteiger partial charge in [0.1, 0.15) is 30.8 Å². The minimum Gasteiger partial charge on any atom is -0.497 e. The van der Waals surface area contributed by atoms with Gasteiger partial charge >= 0.3 is 0 Å². The average molecular weight is 536 g/mol. The number of hydrogen-bond donors (Lipinski definition) is 2. The minimum atomic E-state index is 0. The zero-order chi connectivity index (χ0) is 21.0. The lowest BCUT2D eigenvalue weighted by molar-refractivity contribution is 0.321. The van der Waals surface area contributed by atoms with Crippen molar-refractivity contribution in [3.63, 3.8) is 0 Å². The molecule has 1 heterocycles. The fourth-order valence-corrected chi connectivity index (χ4v) is 2.85. The molecule has 0 spiro atoms. The van der Waals surface area contributed by atoms with E-state index in [-0.39, 0.29) is 24.0 Å². The second-order valence-electron chi connectivity index (χ2n) is 6.56. The molecular formula is C22H29IN6O2. The number of halogens is 1. The van der Waals surface area contributed by atoms with Crippen molar-refractivity contribution in [2.24, 2.45) is 4.99 Å². The van der Waals surface area contributed by atoms with Crippen LogP contribution in [0.5, 0.6) is 11.5 Å². The van der Waals surface area contributed by atoms with E-state index < -0.39 is 0 Å². The summed E-state index contributed by atoms with van der Waals surface area (Å²) in [5, 5.41) is 10.7. The Bertz CT molecular complexity index is 916. The summed E-state index contributed by atoms with van der Waals surface area (Å²) in [6.45, 7) is 5.29. The third-order valence-electron chi connectivity index (χ3n) is 4.29. The molecule has 0 amide bonds. The molecule has 0 atom stereocenters. The van der Waals surface area contributed by atoms with Gasteiger partial charge in [0.25, 0.3) is 0 Å². The molecule has 31 heavy (non-hydrogen) atoms. The van der Waals surface area contributed by atoms with E-state index in [2.05, 4.69) is 43.9 Å². The molecule has 0 radical (unpaired) electrons. The lowest BCUT2D eigenvalue weighted by Crippen LogP contribution is -2.39. The standard InChI is InChI=1S/C22H28N6O2.HI/c1-3-24-22(25-11-12-30-21-9-7-20(29-2)8-10-21)26-14-18-5-4-6-19(13-18)15-28-17-23-16-27-28;/h4-10,13,16-17H,3,11-12,14-15H2,1-2H3,(H2,24,25,26);1H. The molecule has 0 saturated heterocycles. The average Bonchev–Trinajstić information content (AvgIpc) is 3.28. The van der Waals surface area contributed by atoms with Crippen LogP contribution in [0.2, 0.25) is 0 Å². The largest absolute Gasteiger partial charge is 0.497 e. The zero-order valence-corrected chi connectivity index (χ0v) is 20.2. The second kappa shape index (κ2) is 13.5. The maximum Gasteiger partial charge on any atom is 0.191 e. The van der Waals surface area contributed by atoms with E-state index in [1.807, 2.05) is 37.3 Å². The number of guanidine groups is 1. The van der Waals surface area contributed by atoms with Crippen molar-refractivity contribution in [3.8, 4) is 11.5 Å². The van der Waals surface area contributed by atoms with Gasteiger partial charge in [-0.15, -0.1) is 24.0 Å². The molecule has 2 N–H and O–H groups in total. The zero-order valence-electron chi connectivity index (χ0n) is 17.8. The predicted octanol–water partition coefficient (Wildman–Crippen LogP) is 3.09. The SMILES string of the molecule is CCNC(=NCc1cccc(Cn2cncn2)c1)NCCOc1ccc(OC)cc1.I. The highest BCUT2D eigenvalue weighted by molar-refractivity contribution is 14.0. The fourth-order valence-electron chi connectivity index (χ4n) is 2.85. The third-order valence-corrected chi connectivity index (χ3v) is 4.29. The first-order valence-corrected chi connectivity index (χ1v) is 9.96. The number of rotatable bonds is 10. The number of nitrogens with zero attached hydrogens (tertiary/aromatic N) is 4. The van der Waals surface area contributed by atoms with E-state index in [0.29, 0.717) is 26.2 Å². The molecule has 3 rings (SSSR count). The summed E-state index contributed by atoms with van der Waals surface area (Å²) in [7, 11) is 1.65. The van der Waals surface area contributed by atoms with Gasteiger partial charge in [-0.25, -0.2) is 14.7 Å². The summed E-state index contributed by atoms with van der Waals surface area (Å²) < 4.78 is 12.7. The van der Waals surface area contributed by atoms with Crippen LogP contribution in [0.3, 0.4) is 0 Å². The number of methoxy groups -OCH3 is 1. The van der Waals surface area contributed by atoms with Crippen molar-refractivity contribution in [1.29, 1.82) is 0 Å². The number of nitrogens with one attached hydrogen (secondary N) is 2. The molecule has 0 bridgehead atoms. The van der Waals surface area contributed by atoms with Crippen LogP contribution < -0.4 is 20.1 Å². The summed E-state index contributed by atoms with van der Waals surface area (Å²) >= 11 is 0. The van der Waals surface area contributed by atoms with Crippen molar-refractivity contribution in [2.75, 3.05) is 26.8 Å². The van der Waals surface area contributed by atoms with Gasteiger partial charge in [-0.05, 0) is 42.3 Å². The van der Waals surface area contributed by atoms with E-state index in [1.54, 1.807) is 24.4 Å². The van der Waals surface area contributed by atoms with Crippen LogP contribution in [0.15, 0.2) is 66.2 Å². The van der Waals surface area contributed by atoms with Gasteiger partial charge in [-0.2, -0.15) is 5.10 Å². The minimum absolute atomic E-state index is 0. The highest BCUT2D eigenvalue weighted by Gasteiger charge is 2.01. The predicted molar refractivity (Wildman–Crippen MR) is 132 cm³/mol.